The number of amides is 2. The SMILES string of the molecule is COc1ccc2[nH]cc(/C=C3/C(=O)Nc4ccc(NC(=O)CCN5CCCCC5)cc43)c2c1. The lowest BCUT2D eigenvalue weighted by molar-refractivity contribution is -0.116. The van der Waals surface area contributed by atoms with Crippen LogP contribution >= 0.6 is 0 Å². The first-order valence-corrected chi connectivity index (χ1v) is 11.5. The number of aromatic nitrogens is 1. The second-order valence-electron chi connectivity index (χ2n) is 8.63. The van der Waals surface area contributed by atoms with Crippen molar-refractivity contribution in [1.29, 1.82) is 0 Å². The summed E-state index contributed by atoms with van der Waals surface area (Å²) in [5, 5.41) is 6.89. The molecule has 5 rings (SSSR count). The summed E-state index contributed by atoms with van der Waals surface area (Å²) in [5.74, 6) is 0.593. The highest BCUT2D eigenvalue weighted by Crippen LogP contribution is 2.36. The fourth-order valence-corrected chi connectivity index (χ4v) is 4.60. The molecular formula is C26H28N4O3. The van der Waals surface area contributed by atoms with Gasteiger partial charge in [0.1, 0.15) is 5.75 Å². The summed E-state index contributed by atoms with van der Waals surface area (Å²) in [6.07, 6.45) is 7.94. The molecule has 0 bridgehead atoms. The third kappa shape index (κ3) is 4.50. The Labute approximate surface area is 192 Å². The second kappa shape index (κ2) is 9.11. The molecular weight excluding hydrogens is 416 g/mol. The Balaban J connectivity index is 1.36. The first-order valence-electron chi connectivity index (χ1n) is 11.5. The van der Waals surface area contributed by atoms with Gasteiger partial charge in [-0.25, -0.2) is 0 Å². The number of carbonyl (C=O) groups excluding carboxylic acids is 2. The summed E-state index contributed by atoms with van der Waals surface area (Å²) >= 11 is 0. The molecule has 3 N–H and O–H groups in total. The van der Waals surface area contributed by atoms with E-state index in [1.807, 2.05) is 48.7 Å². The number of benzene rings is 2. The van der Waals surface area contributed by atoms with Crippen LogP contribution in [0.4, 0.5) is 11.4 Å². The van der Waals surface area contributed by atoms with E-state index in [2.05, 4.69) is 20.5 Å². The lowest BCUT2D eigenvalue weighted by Gasteiger charge is -2.25. The highest BCUT2D eigenvalue weighted by atomic mass is 16.5. The molecule has 1 fully saturated rings. The monoisotopic (exact) mass is 444 g/mol. The van der Waals surface area contributed by atoms with E-state index in [9.17, 15) is 9.59 Å². The molecule has 3 heterocycles. The Morgan fingerprint density at radius 3 is 2.82 bits per heavy atom. The van der Waals surface area contributed by atoms with E-state index in [1.54, 1.807) is 7.11 Å². The van der Waals surface area contributed by atoms with Gasteiger partial charge < -0.3 is 25.3 Å². The highest BCUT2D eigenvalue weighted by Gasteiger charge is 2.25. The zero-order valence-electron chi connectivity index (χ0n) is 18.7. The van der Waals surface area contributed by atoms with Crippen LogP contribution in [-0.2, 0) is 9.59 Å². The average Bonchev–Trinajstić information content (AvgIpc) is 3.38. The average molecular weight is 445 g/mol. The number of carbonyl (C=O) groups is 2. The van der Waals surface area contributed by atoms with Crippen molar-refractivity contribution in [2.24, 2.45) is 0 Å². The topological polar surface area (TPSA) is 86.5 Å². The van der Waals surface area contributed by atoms with Crippen LogP contribution in [0.25, 0.3) is 22.6 Å². The smallest absolute Gasteiger partial charge is 0.256 e. The van der Waals surface area contributed by atoms with Gasteiger partial charge in [-0.3, -0.25) is 9.59 Å². The third-order valence-corrected chi connectivity index (χ3v) is 6.41. The molecule has 2 aliphatic heterocycles. The largest absolute Gasteiger partial charge is 0.497 e. The number of piperidine rings is 1. The number of aromatic amines is 1. The molecule has 0 atom stereocenters. The Kier molecular flexibility index (Phi) is 5.88. The Morgan fingerprint density at radius 2 is 2.00 bits per heavy atom. The summed E-state index contributed by atoms with van der Waals surface area (Å²) in [6, 6.07) is 11.3. The summed E-state index contributed by atoms with van der Waals surface area (Å²) < 4.78 is 5.35. The molecule has 0 unspecified atom stereocenters. The summed E-state index contributed by atoms with van der Waals surface area (Å²) in [5.41, 5.74) is 4.66. The quantitative estimate of drug-likeness (QED) is 0.489. The maximum atomic E-state index is 12.7. The van der Waals surface area contributed by atoms with Gasteiger partial charge in [-0.1, -0.05) is 6.42 Å². The number of rotatable bonds is 6. The van der Waals surface area contributed by atoms with Gasteiger partial charge in [-0.05, 0) is 68.4 Å². The number of ether oxygens (including phenoxy) is 1. The number of hydrogen-bond acceptors (Lipinski definition) is 4. The Bertz CT molecular complexity index is 1240. The molecule has 7 heteroatoms. The van der Waals surface area contributed by atoms with Crippen molar-refractivity contribution in [3.8, 4) is 5.75 Å². The number of anilines is 2. The van der Waals surface area contributed by atoms with Crippen molar-refractivity contribution < 1.29 is 14.3 Å². The molecule has 0 aliphatic carbocycles. The van der Waals surface area contributed by atoms with E-state index >= 15 is 0 Å². The molecule has 7 nitrogen and oxygen atoms in total. The summed E-state index contributed by atoms with van der Waals surface area (Å²) in [6.45, 7) is 2.94. The van der Waals surface area contributed by atoms with Crippen LogP contribution in [0.1, 0.15) is 36.8 Å². The number of nitrogens with zero attached hydrogens (tertiary/aromatic N) is 1. The number of fused-ring (bicyclic) bond motifs is 2. The fraction of sp³-hybridized carbons (Fsp3) is 0.308. The molecule has 3 aromatic rings. The van der Waals surface area contributed by atoms with Crippen LogP contribution < -0.4 is 15.4 Å². The van der Waals surface area contributed by atoms with E-state index in [0.29, 0.717) is 17.7 Å². The number of likely N-dealkylation sites (tertiary alicyclic amines) is 1. The van der Waals surface area contributed by atoms with E-state index in [-0.39, 0.29) is 11.8 Å². The van der Waals surface area contributed by atoms with Gasteiger partial charge >= 0.3 is 0 Å². The van der Waals surface area contributed by atoms with E-state index < -0.39 is 0 Å². The predicted molar refractivity (Wildman–Crippen MR) is 131 cm³/mol. The molecule has 170 valence electrons. The maximum Gasteiger partial charge on any atom is 0.256 e. The van der Waals surface area contributed by atoms with Crippen molar-refractivity contribution in [1.82, 2.24) is 9.88 Å². The van der Waals surface area contributed by atoms with Gasteiger partial charge in [0.05, 0.1) is 7.11 Å². The zero-order valence-corrected chi connectivity index (χ0v) is 18.7. The number of hydrogen-bond donors (Lipinski definition) is 3. The van der Waals surface area contributed by atoms with Crippen molar-refractivity contribution >= 4 is 45.7 Å². The van der Waals surface area contributed by atoms with Gasteiger partial charge in [-0.15, -0.1) is 0 Å². The molecule has 1 saturated heterocycles. The summed E-state index contributed by atoms with van der Waals surface area (Å²) in [7, 11) is 1.63. The van der Waals surface area contributed by atoms with Crippen LogP contribution in [0.3, 0.4) is 0 Å². The number of methoxy groups -OCH3 is 1. The van der Waals surface area contributed by atoms with E-state index in [4.69, 9.17) is 4.74 Å². The lowest BCUT2D eigenvalue weighted by atomic mass is 10.0. The van der Waals surface area contributed by atoms with Crippen molar-refractivity contribution in [2.45, 2.75) is 25.7 Å². The Morgan fingerprint density at radius 1 is 1.15 bits per heavy atom. The van der Waals surface area contributed by atoms with E-state index in [1.165, 1.54) is 19.3 Å². The van der Waals surface area contributed by atoms with Crippen LogP contribution in [0, 0.1) is 0 Å². The first kappa shape index (κ1) is 21.3. The minimum Gasteiger partial charge on any atom is -0.497 e. The zero-order chi connectivity index (χ0) is 22.8. The summed E-state index contributed by atoms with van der Waals surface area (Å²) in [4.78, 5) is 30.8. The van der Waals surface area contributed by atoms with Gasteiger partial charge in [0.25, 0.3) is 5.91 Å². The fourth-order valence-electron chi connectivity index (χ4n) is 4.60. The van der Waals surface area contributed by atoms with Crippen molar-refractivity contribution in [3.05, 3.63) is 53.7 Å². The Hall–Kier alpha value is -3.58. The maximum absolute atomic E-state index is 12.7. The third-order valence-electron chi connectivity index (χ3n) is 6.41. The molecule has 2 amide bonds. The standard InChI is InChI=1S/C26H28N4O3/c1-33-19-6-8-23-20(15-19)17(16-27-23)13-22-21-14-18(5-7-24(21)29-26(22)32)28-25(31)9-12-30-10-3-2-4-11-30/h5-8,13-16,27H,2-4,9-12H2,1H3,(H,28,31)(H,29,32)/b22-13+. The molecule has 2 aliphatic rings. The van der Waals surface area contributed by atoms with Gasteiger partial charge in [-0.2, -0.15) is 0 Å². The number of nitrogens with one attached hydrogen (secondary N) is 3. The van der Waals surface area contributed by atoms with E-state index in [0.717, 1.165) is 53.1 Å². The molecule has 0 saturated carbocycles. The minimum absolute atomic E-state index is 0.00735. The van der Waals surface area contributed by atoms with Crippen molar-refractivity contribution in [3.63, 3.8) is 0 Å². The number of H-pyrrole nitrogens is 1. The molecule has 33 heavy (non-hydrogen) atoms. The predicted octanol–water partition coefficient (Wildman–Crippen LogP) is 4.48. The first-order chi connectivity index (χ1) is 16.1. The van der Waals surface area contributed by atoms with Crippen LogP contribution in [0.2, 0.25) is 0 Å². The molecule has 1 aromatic heterocycles. The van der Waals surface area contributed by atoms with Crippen molar-refractivity contribution in [2.75, 3.05) is 37.4 Å². The second-order valence-corrected chi connectivity index (χ2v) is 8.63. The molecule has 0 radical (unpaired) electrons. The lowest BCUT2D eigenvalue weighted by Crippen LogP contribution is -2.32. The van der Waals surface area contributed by atoms with Crippen LogP contribution in [0.5, 0.6) is 5.75 Å². The van der Waals surface area contributed by atoms with Gasteiger partial charge in [0.15, 0.2) is 0 Å². The van der Waals surface area contributed by atoms with Gasteiger partial charge in [0, 0.05) is 58.1 Å². The normalized spacial score (nSPS) is 17.2. The highest BCUT2D eigenvalue weighted by molar-refractivity contribution is 6.35. The van der Waals surface area contributed by atoms with Crippen LogP contribution in [-0.4, -0.2) is 48.4 Å². The molecule has 2 aromatic carbocycles. The van der Waals surface area contributed by atoms with Gasteiger partial charge in [0.2, 0.25) is 5.91 Å². The van der Waals surface area contributed by atoms with Crippen LogP contribution in [0.15, 0.2) is 42.6 Å². The molecule has 0 spiro atoms. The minimum atomic E-state index is -0.157.